The molecule has 1 rings (SSSR count). The van der Waals surface area contributed by atoms with E-state index in [2.05, 4.69) is 10.4 Å². The predicted octanol–water partition coefficient (Wildman–Crippen LogP) is 0.0714. The molecule has 5 nitrogen and oxygen atoms in total. The van der Waals surface area contributed by atoms with Crippen molar-refractivity contribution in [3.63, 3.8) is 0 Å². The number of rotatable bonds is 3. The Morgan fingerprint density at radius 3 is 2.79 bits per heavy atom. The lowest BCUT2D eigenvalue weighted by atomic mass is 10.3. The lowest BCUT2D eigenvalue weighted by Crippen LogP contribution is -2.22. The highest BCUT2D eigenvalue weighted by atomic mass is 32.2. The second-order valence-corrected chi connectivity index (χ2v) is 3.69. The number of aromatic nitrogens is 2. The van der Waals surface area contributed by atoms with Gasteiger partial charge >= 0.3 is 0 Å². The normalized spacial score (nSPS) is 10.2. The van der Waals surface area contributed by atoms with Crippen LogP contribution in [0.5, 0.6) is 0 Å². The van der Waals surface area contributed by atoms with Crippen molar-refractivity contribution in [1.29, 1.82) is 0 Å². The van der Waals surface area contributed by atoms with Crippen LogP contribution in [0.3, 0.4) is 0 Å². The van der Waals surface area contributed by atoms with E-state index in [4.69, 9.17) is 0 Å². The van der Waals surface area contributed by atoms with E-state index in [0.29, 0.717) is 5.56 Å². The number of carbonyl (C=O) groups excluding carboxylic acids is 1. The maximum Gasteiger partial charge on any atom is 0.270 e. The number of nitrogens with one attached hydrogen (secondary N) is 2. The number of H-pyrrole nitrogens is 1. The third-order valence-corrected chi connectivity index (χ3v) is 2.72. The molecule has 0 aliphatic carbocycles. The number of aromatic amines is 1. The topological polar surface area (TPSA) is 66.9 Å². The van der Waals surface area contributed by atoms with Crippen LogP contribution in [0, 0.1) is 0 Å². The molecule has 0 atom stereocenters. The Hall–Kier alpha value is -1.17. The summed E-state index contributed by atoms with van der Waals surface area (Å²) in [5.74, 6) is -0.139. The zero-order valence-electron chi connectivity index (χ0n) is 8.38. The van der Waals surface area contributed by atoms with Crippen molar-refractivity contribution in [3.8, 4) is 0 Å². The fourth-order valence-electron chi connectivity index (χ4n) is 1.20. The average Bonchev–Trinajstić information content (AvgIpc) is 2.36. The molecule has 0 saturated carbocycles. The molecule has 0 spiro atoms. The standard InChI is InChI=1S/C8H13N3O2S/c1-5(12)9-4-6-7(13)10-11(2)8(6)14-3/h4H2,1-3H3,(H,9,12)(H,10,13). The molecule has 0 bridgehead atoms. The van der Waals surface area contributed by atoms with Gasteiger partial charge in [-0.05, 0) is 6.26 Å². The van der Waals surface area contributed by atoms with Crippen molar-refractivity contribution in [3.05, 3.63) is 15.9 Å². The molecule has 0 aromatic carbocycles. The van der Waals surface area contributed by atoms with Crippen molar-refractivity contribution in [2.45, 2.75) is 18.5 Å². The van der Waals surface area contributed by atoms with Gasteiger partial charge in [-0.1, -0.05) is 0 Å². The van der Waals surface area contributed by atoms with Gasteiger partial charge in [0.1, 0.15) is 5.03 Å². The molecule has 1 heterocycles. The van der Waals surface area contributed by atoms with Crippen LogP contribution in [-0.2, 0) is 18.4 Å². The molecule has 0 aliphatic rings. The summed E-state index contributed by atoms with van der Waals surface area (Å²) in [6.45, 7) is 1.71. The highest BCUT2D eigenvalue weighted by Gasteiger charge is 2.11. The van der Waals surface area contributed by atoms with Crippen LogP contribution < -0.4 is 10.9 Å². The van der Waals surface area contributed by atoms with Crippen LogP contribution in [-0.4, -0.2) is 21.9 Å². The molecule has 1 aromatic heterocycles. The minimum atomic E-state index is -0.148. The summed E-state index contributed by atoms with van der Waals surface area (Å²) in [6, 6.07) is 0. The van der Waals surface area contributed by atoms with Gasteiger partial charge < -0.3 is 5.32 Å². The largest absolute Gasteiger partial charge is 0.352 e. The Labute approximate surface area is 85.9 Å². The average molecular weight is 215 g/mol. The van der Waals surface area contributed by atoms with Crippen LogP contribution in [0.4, 0.5) is 0 Å². The summed E-state index contributed by atoms with van der Waals surface area (Å²) in [4.78, 5) is 22.1. The monoisotopic (exact) mass is 215 g/mol. The zero-order chi connectivity index (χ0) is 10.7. The molecule has 0 radical (unpaired) electrons. The van der Waals surface area contributed by atoms with Crippen molar-refractivity contribution in [1.82, 2.24) is 15.1 Å². The fraction of sp³-hybridized carbons (Fsp3) is 0.500. The number of aryl methyl sites for hydroxylation is 1. The van der Waals surface area contributed by atoms with Crippen molar-refractivity contribution >= 4 is 17.7 Å². The number of hydrogen-bond acceptors (Lipinski definition) is 3. The highest BCUT2D eigenvalue weighted by molar-refractivity contribution is 7.98. The summed E-state index contributed by atoms with van der Waals surface area (Å²) in [6.07, 6.45) is 1.89. The minimum Gasteiger partial charge on any atom is -0.352 e. The molecule has 78 valence electrons. The summed E-state index contributed by atoms with van der Waals surface area (Å²) in [5.41, 5.74) is 0.459. The summed E-state index contributed by atoms with van der Waals surface area (Å²) in [5, 5.41) is 6.10. The molecular formula is C8H13N3O2S. The molecule has 0 unspecified atom stereocenters. The van der Waals surface area contributed by atoms with Gasteiger partial charge in [-0.3, -0.25) is 19.4 Å². The van der Waals surface area contributed by atoms with Crippen LogP contribution in [0.2, 0.25) is 0 Å². The van der Waals surface area contributed by atoms with E-state index in [0.717, 1.165) is 5.03 Å². The molecule has 1 aromatic rings. The first-order chi connectivity index (χ1) is 6.56. The number of carbonyl (C=O) groups is 1. The van der Waals surface area contributed by atoms with Gasteiger partial charge in [0.15, 0.2) is 0 Å². The van der Waals surface area contributed by atoms with E-state index in [9.17, 15) is 9.59 Å². The molecule has 14 heavy (non-hydrogen) atoms. The Bertz CT molecular complexity index is 394. The summed E-state index contributed by atoms with van der Waals surface area (Å²) >= 11 is 1.47. The van der Waals surface area contributed by atoms with Crippen LogP contribution in [0.1, 0.15) is 12.5 Å². The highest BCUT2D eigenvalue weighted by Crippen LogP contribution is 2.15. The van der Waals surface area contributed by atoms with Gasteiger partial charge in [0.05, 0.1) is 12.1 Å². The number of hydrogen-bond donors (Lipinski definition) is 2. The Morgan fingerprint density at radius 1 is 1.64 bits per heavy atom. The van der Waals surface area contributed by atoms with Gasteiger partial charge in [-0.25, -0.2) is 0 Å². The fourth-order valence-corrected chi connectivity index (χ4v) is 1.93. The summed E-state index contributed by atoms with van der Waals surface area (Å²) < 4.78 is 1.66. The predicted molar refractivity (Wildman–Crippen MR) is 55.3 cm³/mol. The first-order valence-corrected chi connectivity index (χ1v) is 5.35. The molecular weight excluding hydrogens is 202 g/mol. The molecule has 0 saturated heterocycles. The number of thioether (sulfide) groups is 1. The minimum absolute atomic E-state index is 0.139. The second-order valence-electron chi connectivity index (χ2n) is 2.90. The van der Waals surface area contributed by atoms with Crippen molar-refractivity contribution < 1.29 is 4.79 Å². The van der Waals surface area contributed by atoms with Crippen LogP contribution in [0.25, 0.3) is 0 Å². The molecule has 6 heteroatoms. The van der Waals surface area contributed by atoms with E-state index >= 15 is 0 Å². The van der Waals surface area contributed by atoms with E-state index in [1.165, 1.54) is 18.7 Å². The van der Waals surface area contributed by atoms with Crippen LogP contribution >= 0.6 is 11.8 Å². The Balaban J connectivity index is 2.94. The van der Waals surface area contributed by atoms with Gasteiger partial charge in [0.25, 0.3) is 5.56 Å². The maximum absolute atomic E-state index is 11.4. The molecule has 0 aliphatic heterocycles. The van der Waals surface area contributed by atoms with E-state index in [1.807, 2.05) is 6.26 Å². The molecule has 1 amide bonds. The zero-order valence-corrected chi connectivity index (χ0v) is 9.20. The number of nitrogens with zero attached hydrogens (tertiary/aromatic N) is 1. The van der Waals surface area contributed by atoms with Gasteiger partial charge in [0, 0.05) is 14.0 Å². The Morgan fingerprint density at radius 2 is 2.29 bits per heavy atom. The van der Waals surface area contributed by atoms with Crippen LogP contribution in [0.15, 0.2) is 9.82 Å². The van der Waals surface area contributed by atoms with E-state index < -0.39 is 0 Å². The third-order valence-electron chi connectivity index (χ3n) is 1.81. The molecule has 2 N–H and O–H groups in total. The Kier molecular flexibility index (Phi) is 3.40. The summed E-state index contributed by atoms with van der Waals surface area (Å²) in [7, 11) is 1.77. The lowest BCUT2D eigenvalue weighted by Gasteiger charge is -2.02. The van der Waals surface area contributed by atoms with E-state index in [-0.39, 0.29) is 18.0 Å². The lowest BCUT2D eigenvalue weighted by molar-refractivity contribution is -0.119. The second kappa shape index (κ2) is 4.36. The first-order valence-electron chi connectivity index (χ1n) is 4.12. The first kappa shape index (κ1) is 10.9. The van der Waals surface area contributed by atoms with Crippen molar-refractivity contribution in [2.75, 3.05) is 6.26 Å². The number of amides is 1. The van der Waals surface area contributed by atoms with E-state index in [1.54, 1.807) is 11.7 Å². The maximum atomic E-state index is 11.4. The quantitative estimate of drug-likeness (QED) is 0.701. The van der Waals surface area contributed by atoms with Gasteiger partial charge in [0.2, 0.25) is 5.91 Å². The third kappa shape index (κ3) is 2.20. The molecule has 0 fully saturated rings. The SMILES string of the molecule is CSc1c(CNC(C)=O)c(=O)[nH]n1C. The van der Waals surface area contributed by atoms with Crippen molar-refractivity contribution in [2.24, 2.45) is 7.05 Å². The van der Waals surface area contributed by atoms with Gasteiger partial charge in [-0.15, -0.1) is 11.8 Å². The van der Waals surface area contributed by atoms with Gasteiger partial charge in [-0.2, -0.15) is 0 Å². The smallest absolute Gasteiger partial charge is 0.270 e.